The summed E-state index contributed by atoms with van der Waals surface area (Å²) in [6, 6.07) is 18.1. The molecule has 32 heavy (non-hydrogen) atoms. The topological polar surface area (TPSA) is 105 Å². The third-order valence-electron chi connectivity index (χ3n) is 4.13. The molecule has 0 bridgehead atoms. The van der Waals surface area contributed by atoms with E-state index in [2.05, 4.69) is 10.6 Å². The molecule has 3 aromatic rings. The number of hydrogen-bond acceptors (Lipinski definition) is 5. The summed E-state index contributed by atoms with van der Waals surface area (Å²) in [5, 5.41) is 5.55. The van der Waals surface area contributed by atoms with Crippen molar-refractivity contribution in [2.24, 2.45) is 0 Å². The highest BCUT2D eigenvalue weighted by atomic mass is 35.5. The molecule has 0 saturated heterocycles. The lowest BCUT2D eigenvalue weighted by Crippen LogP contribution is -2.36. The van der Waals surface area contributed by atoms with E-state index < -0.39 is 22.2 Å². The second-order valence-corrected chi connectivity index (χ2v) is 8.82. The van der Waals surface area contributed by atoms with Crippen LogP contribution in [0.2, 0.25) is 10.0 Å². The fourth-order valence-electron chi connectivity index (χ4n) is 2.51. The van der Waals surface area contributed by atoms with Gasteiger partial charge in [0, 0.05) is 29.0 Å². The normalized spacial score (nSPS) is 10.8. The number of carbonyl (C=O) groups excluding carboxylic acids is 2. The van der Waals surface area contributed by atoms with Crippen LogP contribution in [0.3, 0.4) is 0 Å². The number of hydrogen-bond donors (Lipinski definition) is 2. The van der Waals surface area contributed by atoms with Gasteiger partial charge >= 0.3 is 16.3 Å². The van der Waals surface area contributed by atoms with Gasteiger partial charge < -0.3 is 14.8 Å². The summed E-state index contributed by atoms with van der Waals surface area (Å²) in [6.45, 7) is 0. The second kappa shape index (κ2) is 9.90. The SMILES string of the molecule is CN(C(=O)c1ccc(NC(=O)Nc2ccccc2)cc1)S(=O)(=O)Oc1ccc(Cl)cc1Cl. The Morgan fingerprint density at radius 2 is 1.47 bits per heavy atom. The van der Waals surface area contributed by atoms with Gasteiger partial charge in [-0.1, -0.05) is 41.4 Å². The van der Waals surface area contributed by atoms with Crippen LogP contribution in [0.5, 0.6) is 5.75 Å². The number of halogens is 2. The first-order valence-electron chi connectivity index (χ1n) is 9.06. The molecule has 166 valence electrons. The van der Waals surface area contributed by atoms with Crippen molar-refractivity contribution in [3.8, 4) is 5.75 Å². The Kier molecular flexibility index (Phi) is 7.24. The van der Waals surface area contributed by atoms with Gasteiger partial charge in [-0.2, -0.15) is 8.42 Å². The monoisotopic (exact) mass is 493 g/mol. The van der Waals surface area contributed by atoms with E-state index in [4.69, 9.17) is 27.4 Å². The summed E-state index contributed by atoms with van der Waals surface area (Å²) < 4.78 is 30.3. The Balaban J connectivity index is 1.65. The Morgan fingerprint density at radius 1 is 0.875 bits per heavy atom. The molecule has 0 fully saturated rings. The molecule has 0 radical (unpaired) electrons. The van der Waals surface area contributed by atoms with Crippen molar-refractivity contribution in [3.63, 3.8) is 0 Å². The summed E-state index contributed by atoms with van der Waals surface area (Å²) >= 11 is 11.7. The van der Waals surface area contributed by atoms with Crippen LogP contribution >= 0.6 is 23.2 Å². The van der Waals surface area contributed by atoms with Crippen LogP contribution in [-0.4, -0.2) is 31.7 Å². The third kappa shape index (κ3) is 5.91. The van der Waals surface area contributed by atoms with Gasteiger partial charge in [0.05, 0.1) is 5.02 Å². The Bertz CT molecular complexity index is 1240. The summed E-state index contributed by atoms with van der Waals surface area (Å²) in [6.07, 6.45) is 0. The van der Waals surface area contributed by atoms with Crippen LogP contribution in [0.15, 0.2) is 72.8 Å². The van der Waals surface area contributed by atoms with Crippen molar-refractivity contribution in [2.45, 2.75) is 0 Å². The van der Waals surface area contributed by atoms with Gasteiger partial charge in [0.15, 0.2) is 5.75 Å². The molecule has 0 heterocycles. The molecule has 11 heteroatoms. The van der Waals surface area contributed by atoms with E-state index in [1.807, 2.05) is 6.07 Å². The van der Waals surface area contributed by atoms with Gasteiger partial charge in [-0.3, -0.25) is 4.79 Å². The lowest BCUT2D eigenvalue weighted by atomic mass is 10.2. The number of benzene rings is 3. The van der Waals surface area contributed by atoms with E-state index in [1.165, 1.54) is 42.5 Å². The highest BCUT2D eigenvalue weighted by Gasteiger charge is 2.27. The zero-order valence-electron chi connectivity index (χ0n) is 16.6. The van der Waals surface area contributed by atoms with Crippen molar-refractivity contribution < 1.29 is 22.2 Å². The summed E-state index contributed by atoms with van der Waals surface area (Å²) in [7, 11) is -3.43. The first kappa shape index (κ1) is 23.4. The van der Waals surface area contributed by atoms with Gasteiger partial charge in [0.25, 0.3) is 5.91 Å². The highest BCUT2D eigenvalue weighted by molar-refractivity contribution is 7.85. The number of urea groups is 1. The maximum Gasteiger partial charge on any atom is 0.412 e. The van der Waals surface area contributed by atoms with Crippen molar-refractivity contribution in [1.82, 2.24) is 4.31 Å². The van der Waals surface area contributed by atoms with E-state index >= 15 is 0 Å². The fraction of sp³-hybridized carbons (Fsp3) is 0.0476. The number of nitrogens with one attached hydrogen (secondary N) is 2. The molecule has 0 aliphatic rings. The number of anilines is 2. The molecule has 0 spiro atoms. The molecule has 2 N–H and O–H groups in total. The largest absolute Gasteiger partial charge is 0.412 e. The predicted molar refractivity (Wildman–Crippen MR) is 124 cm³/mol. The van der Waals surface area contributed by atoms with Crippen molar-refractivity contribution in [1.29, 1.82) is 0 Å². The quantitative estimate of drug-likeness (QED) is 0.500. The standard InChI is InChI=1S/C21H17Cl2N3O5S/c1-26(32(29,30)31-19-12-9-15(22)13-18(19)23)20(27)14-7-10-17(11-8-14)25-21(28)24-16-5-3-2-4-6-16/h2-13H,1H3,(H2,24,25,28). The van der Waals surface area contributed by atoms with E-state index in [-0.39, 0.29) is 16.3 Å². The van der Waals surface area contributed by atoms with Crippen LogP contribution in [0, 0.1) is 0 Å². The molecular formula is C21H17Cl2N3O5S. The lowest BCUT2D eigenvalue weighted by Gasteiger charge is -2.18. The number of rotatable bonds is 6. The summed E-state index contributed by atoms with van der Waals surface area (Å²) in [5.74, 6) is -1.00. The van der Waals surface area contributed by atoms with Gasteiger partial charge in [-0.25, -0.2) is 9.10 Å². The lowest BCUT2D eigenvalue weighted by molar-refractivity contribution is 0.0876. The number of para-hydroxylation sites is 1. The minimum Gasteiger partial charge on any atom is -0.365 e. The van der Waals surface area contributed by atoms with Crippen molar-refractivity contribution in [2.75, 3.05) is 17.7 Å². The van der Waals surface area contributed by atoms with Crippen LogP contribution in [-0.2, 0) is 10.3 Å². The number of carbonyl (C=O) groups is 2. The predicted octanol–water partition coefficient (Wildman–Crippen LogP) is 5.03. The van der Waals surface area contributed by atoms with Crippen molar-refractivity contribution >= 4 is 56.8 Å². The molecule has 0 aliphatic heterocycles. The average molecular weight is 494 g/mol. The van der Waals surface area contributed by atoms with Gasteiger partial charge in [-0.05, 0) is 54.6 Å². The Labute approximate surface area is 195 Å². The van der Waals surface area contributed by atoms with Crippen LogP contribution in [0.4, 0.5) is 16.2 Å². The Hall–Kier alpha value is -3.27. The third-order valence-corrected chi connectivity index (χ3v) is 5.89. The molecule has 0 unspecified atom stereocenters. The minimum atomic E-state index is -4.48. The molecule has 3 aromatic carbocycles. The van der Waals surface area contributed by atoms with E-state index in [0.717, 1.165) is 7.05 Å². The maximum atomic E-state index is 12.6. The zero-order chi connectivity index (χ0) is 23.3. The maximum absolute atomic E-state index is 12.6. The average Bonchev–Trinajstić information content (AvgIpc) is 2.76. The van der Waals surface area contributed by atoms with Gasteiger partial charge in [0.2, 0.25) is 0 Å². The molecule has 3 rings (SSSR count). The van der Waals surface area contributed by atoms with E-state index in [0.29, 0.717) is 20.7 Å². The van der Waals surface area contributed by atoms with Crippen LogP contribution in [0.25, 0.3) is 0 Å². The molecule has 0 aromatic heterocycles. The molecule has 0 saturated carbocycles. The first-order valence-corrected chi connectivity index (χ1v) is 11.2. The summed E-state index contributed by atoms with van der Waals surface area (Å²) in [5.41, 5.74) is 1.09. The molecule has 3 amide bonds. The molecule has 0 aliphatic carbocycles. The van der Waals surface area contributed by atoms with E-state index in [1.54, 1.807) is 24.3 Å². The van der Waals surface area contributed by atoms with Gasteiger partial charge in [-0.15, -0.1) is 0 Å². The van der Waals surface area contributed by atoms with E-state index in [9.17, 15) is 18.0 Å². The molecular weight excluding hydrogens is 477 g/mol. The first-order chi connectivity index (χ1) is 15.2. The van der Waals surface area contributed by atoms with Crippen LogP contribution in [0.1, 0.15) is 10.4 Å². The highest BCUT2D eigenvalue weighted by Crippen LogP contribution is 2.29. The zero-order valence-corrected chi connectivity index (χ0v) is 18.9. The Morgan fingerprint density at radius 3 is 2.06 bits per heavy atom. The second-order valence-electron chi connectivity index (χ2n) is 6.41. The smallest absolute Gasteiger partial charge is 0.365 e. The summed E-state index contributed by atoms with van der Waals surface area (Å²) in [4.78, 5) is 24.7. The number of amides is 3. The molecule has 0 atom stereocenters. The van der Waals surface area contributed by atoms with Crippen molar-refractivity contribution in [3.05, 3.63) is 88.4 Å². The molecule has 8 nitrogen and oxygen atoms in total. The van der Waals surface area contributed by atoms with Crippen LogP contribution < -0.4 is 14.8 Å². The fourth-order valence-corrected chi connectivity index (χ4v) is 3.79. The minimum absolute atomic E-state index is 0.0221. The van der Waals surface area contributed by atoms with Gasteiger partial charge in [0.1, 0.15) is 0 Å². The number of nitrogens with zero attached hydrogens (tertiary/aromatic N) is 1.